The number of hydrogen-bond acceptors (Lipinski definition) is 4. The zero-order valence-corrected chi connectivity index (χ0v) is 9.34. The third-order valence-electron chi connectivity index (χ3n) is 2.75. The molecule has 0 saturated heterocycles. The van der Waals surface area contributed by atoms with Crippen molar-refractivity contribution in [3.8, 4) is 11.5 Å². The van der Waals surface area contributed by atoms with Gasteiger partial charge in [-0.2, -0.15) is 0 Å². The van der Waals surface area contributed by atoms with Crippen molar-refractivity contribution < 1.29 is 19.0 Å². The summed E-state index contributed by atoms with van der Waals surface area (Å²) in [5, 5.41) is 10.1. The summed E-state index contributed by atoms with van der Waals surface area (Å²) in [5.41, 5.74) is 1.00. The number of hydrogen-bond donors (Lipinski definition) is 1. The molecule has 2 aromatic rings. The first kappa shape index (κ1) is 11.0. The first-order valence-electron chi connectivity index (χ1n) is 5.42. The molecule has 1 atom stereocenters. The Kier molecular flexibility index (Phi) is 2.60. The van der Waals surface area contributed by atoms with E-state index in [0.29, 0.717) is 22.6 Å². The van der Waals surface area contributed by atoms with E-state index in [0.717, 1.165) is 6.20 Å². The molecule has 1 aromatic carbocycles. The van der Waals surface area contributed by atoms with Gasteiger partial charge in [0.15, 0.2) is 11.5 Å². The monoisotopic (exact) mass is 247 g/mol. The highest BCUT2D eigenvalue weighted by Crippen LogP contribution is 2.35. The Morgan fingerprint density at radius 2 is 1.94 bits per heavy atom. The molecule has 0 aliphatic carbocycles. The molecule has 92 valence electrons. The summed E-state index contributed by atoms with van der Waals surface area (Å²) in [4.78, 5) is 3.71. The van der Waals surface area contributed by atoms with E-state index in [4.69, 9.17) is 9.47 Å². The van der Waals surface area contributed by atoms with Gasteiger partial charge in [-0.3, -0.25) is 4.98 Å². The van der Waals surface area contributed by atoms with Crippen LogP contribution in [0, 0.1) is 5.82 Å². The predicted molar refractivity (Wildman–Crippen MR) is 60.8 cm³/mol. The van der Waals surface area contributed by atoms with Crippen molar-refractivity contribution in [1.29, 1.82) is 0 Å². The zero-order chi connectivity index (χ0) is 12.5. The first-order valence-corrected chi connectivity index (χ1v) is 5.42. The van der Waals surface area contributed by atoms with Crippen LogP contribution in [0.15, 0.2) is 36.7 Å². The fraction of sp³-hybridized carbons (Fsp3) is 0.154. The van der Waals surface area contributed by atoms with Gasteiger partial charge in [0, 0.05) is 11.8 Å². The van der Waals surface area contributed by atoms with Crippen LogP contribution < -0.4 is 9.47 Å². The molecular formula is C13H10FNO3. The standard InChI is InChI=1S/C13H10FNO3/c14-10-3-9(5-15-6-10)13(16)8-1-2-11-12(4-8)18-7-17-11/h1-6,13,16H,7H2. The minimum Gasteiger partial charge on any atom is -0.454 e. The van der Waals surface area contributed by atoms with Gasteiger partial charge in [0.25, 0.3) is 0 Å². The van der Waals surface area contributed by atoms with Crippen LogP contribution in [-0.2, 0) is 0 Å². The predicted octanol–water partition coefficient (Wildman–Crippen LogP) is 2.03. The fourth-order valence-corrected chi connectivity index (χ4v) is 1.85. The number of rotatable bonds is 2. The van der Waals surface area contributed by atoms with E-state index in [2.05, 4.69) is 4.98 Å². The molecule has 18 heavy (non-hydrogen) atoms. The number of halogens is 1. The highest BCUT2D eigenvalue weighted by Gasteiger charge is 2.18. The number of aliphatic hydroxyl groups is 1. The third kappa shape index (κ3) is 1.89. The molecule has 1 unspecified atom stereocenters. The quantitative estimate of drug-likeness (QED) is 0.882. The van der Waals surface area contributed by atoms with Crippen molar-refractivity contribution in [2.75, 3.05) is 6.79 Å². The third-order valence-corrected chi connectivity index (χ3v) is 2.75. The van der Waals surface area contributed by atoms with Crippen LogP contribution in [0.4, 0.5) is 4.39 Å². The summed E-state index contributed by atoms with van der Waals surface area (Å²) >= 11 is 0. The van der Waals surface area contributed by atoms with Gasteiger partial charge < -0.3 is 14.6 Å². The summed E-state index contributed by atoms with van der Waals surface area (Å²) in [5.74, 6) is 0.742. The highest BCUT2D eigenvalue weighted by molar-refractivity contribution is 5.46. The van der Waals surface area contributed by atoms with Gasteiger partial charge >= 0.3 is 0 Å². The molecule has 4 nitrogen and oxygen atoms in total. The van der Waals surface area contributed by atoms with E-state index >= 15 is 0 Å². The van der Waals surface area contributed by atoms with Crippen LogP contribution in [0.5, 0.6) is 11.5 Å². The Bertz CT molecular complexity index is 588. The molecule has 0 radical (unpaired) electrons. The van der Waals surface area contributed by atoms with Crippen LogP contribution in [-0.4, -0.2) is 16.9 Å². The molecule has 3 rings (SSSR count). The van der Waals surface area contributed by atoms with E-state index < -0.39 is 11.9 Å². The van der Waals surface area contributed by atoms with Gasteiger partial charge in [0.2, 0.25) is 6.79 Å². The van der Waals surface area contributed by atoms with Crippen LogP contribution in [0.1, 0.15) is 17.2 Å². The molecular weight excluding hydrogens is 237 g/mol. The largest absolute Gasteiger partial charge is 0.454 e. The molecule has 0 fully saturated rings. The van der Waals surface area contributed by atoms with E-state index in [1.165, 1.54) is 12.3 Å². The van der Waals surface area contributed by atoms with E-state index in [1.54, 1.807) is 18.2 Å². The second kappa shape index (κ2) is 4.27. The lowest BCUT2D eigenvalue weighted by Crippen LogP contribution is -2.01. The van der Waals surface area contributed by atoms with Gasteiger partial charge in [-0.15, -0.1) is 0 Å². The van der Waals surface area contributed by atoms with Gasteiger partial charge in [-0.25, -0.2) is 4.39 Å². The second-order valence-corrected chi connectivity index (χ2v) is 3.95. The lowest BCUT2D eigenvalue weighted by Gasteiger charge is -2.11. The Morgan fingerprint density at radius 1 is 1.11 bits per heavy atom. The maximum Gasteiger partial charge on any atom is 0.231 e. The number of nitrogens with zero attached hydrogens (tertiary/aromatic N) is 1. The van der Waals surface area contributed by atoms with Gasteiger partial charge in [0.1, 0.15) is 11.9 Å². The SMILES string of the molecule is OC(c1cncc(F)c1)c1ccc2c(c1)OCO2. The smallest absolute Gasteiger partial charge is 0.231 e. The molecule has 1 aliphatic heterocycles. The molecule has 0 saturated carbocycles. The van der Waals surface area contributed by atoms with Crippen molar-refractivity contribution in [1.82, 2.24) is 4.98 Å². The number of benzene rings is 1. The van der Waals surface area contributed by atoms with Crippen molar-refractivity contribution in [2.24, 2.45) is 0 Å². The molecule has 1 aromatic heterocycles. The average Bonchev–Trinajstić information content (AvgIpc) is 2.85. The highest BCUT2D eigenvalue weighted by atomic mass is 19.1. The molecule has 0 amide bonds. The Morgan fingerprint density at radius 3 is 2.78 bits per heavy atom. The van der Waals surface area contributed by atoms with Crippen molar-refractivity contribution in [3.05, 3.63) is 53.6 Å². The molecule has 0 bridgehead atoms. The number of aromatic nitrogens is 1. The molecule has 5 heteroatoms. The van der Waals surface area contributed by atoms with Crippen molar-refractivity contribution in [3.63, 3.8) is 0 Å². The summed E-state index contributed by atoms with van der Waals surface area (Å²) in [6.45, 7) is 0.177. The summed E-state index contributed by atoms with van der Waals surface area (Å²) in [7, 11) is 0. The van der Waals surface area contributed by atoms with Gasteiger partial charge in [-0.05, 0) is 23.8 Å². The summed E-state index contributed by atoms with van der Waals surface area (Å²) < 4.78 is 23.5. The Balaban J connectivity index is 1.95. The average molecular weight is 247 g/mol. The second-order valence-electron chi connectivity index (χ2n) is 3.95. The van der Waals surface area contributed by atoms with E-state index in [-0.39, 0.29) is 6.79 Å². The minimum atomic E-state index is -0.942. The zero-order valence-electron chi connectivity index (χ0n) is 9.34. The topological polar surface area (TPSA) is 51.6 Å². The number of ether oxygens (including phenoxy) is 2. The lowest BCUT2D eigenvalue weighted by molar-refractivity contribution is 0.173. The number of pyridine rings is 1. The Hall–Kier alpha value is -2.14. The van der Waals surface area contributed by atoms with Crippen molar-refractivity contribution in [2.45, 2.75) is 6.10 Å². The number of aliphatic hydroxyl groups excluding tert-OH is 1. The first-order chi connectivity index (χ1) is 8.74. The normalized spacial score (nSPS) is 14.6. The maximum atomic E-state index is 13.0. The molecule has 2 heterocycles. The van der Waals surface area contributed by atoms with Crippen LogP contribution in [0.2, 0.25) is 0 Å². The van der Waals surface area contributed by atoms with Gasteiger partial charge in [-0.1, -0.05) is 6.07 Å². The lowest BCUT2D eigenvalue weighted by atomic mass is 10.0. The molecule has 0 spiro atoms. The van der Waals surface area contributed by atoms with Crippen LogP contribution in [0.25, 0.3) is 0 Å². The molecule has 1 aliphatic rings. The van der Waals surface area contributed by atoms with E-state index in [1.807, 2.05) is 0 Å². The minimum absolute atomic E-state index is 0.177. The van der Waals surface area contributed by atoms with Crippen LogP contribution in [0.3, 0.4) is 0 Å². The summed E-state index contributed by atoms with van der Waals surface area (Å²) in [6.07, 6.45) is 1.58. The van der Waals surface area contributed by atoms with Crippen LogP contribution >= 0.6 is 0 Å². The molecule has 1 N–H and O–H groups in total. The Labute approximate surface area is 103 Å². The number of fused-ring (bicyclic) bond motifs is 1. The maximum absolute atomic E-state index is 13.0. The summed E-state index contributed by atoms with van der Waals surface area (Å²) in [6, 6.07) is 6.36. The van der Waals surface area contributed by atoms with Crippen molar-refractivity contribution >= 4 is 0 Å². The fourth-order valence-electron chi connectivity index (χ4n) is 1.85. The van der Waals surface area contributed by atoms with E-state index in [9.17, 15) is 9.50 Å². The van der Waals surface area contributed by atoms with Gasteiger partial charge in [0.05, 0.1) is 6.20 Å².